The number of aromatic hydroxyl groups is 1. The van der Waals surface area contributed by atoms with Crippen molar-refractivity contribution in [2.45, 2.75) is 6.61 Å². The standard InChI is InChI=1S/C13H15N3O2/c1-14-12-7-10(8-18-2)15-13(16-12)9-3-5-11(17)6-4-9/h3-7,17H,8H2,1-2H3,(H,14,15,16). The Balaban J connectivity index is 2.42. The minimum Gasteiger partial charge on any atom is -0.508 e. The van der Waals surface area contributed by atoms with Crippen molar-refractivity contribution in [1.82, 2.24) is 9.97 Å². The second-order valence-electron chi connectivity index (χ2n) is 3.80. The lowest BCUT2D eigenvalue weighted by Crippen LogP contribution is -2.01. The minimum absolute atomic E-state index is 0.223. The maximum absolute atomic E-state index is 9.27. The van der Waals surface area contributed by atoms with Crippen LogP contribution < -0.4 is 5.32 Å². The summed E-state index contributed by atoms with van der Waals surface area (Å²) in [6.45, 7) is 0.433. The van der Waals surface area contributed by atoms with Gasteiger partial charge in [-0.05, 0) is 24.3 Å². The summed E-state index contributed by atoms with van der Waals surface area (Å²) in [5, 5.41) is 12.3. The summed E-state index contributed by atoms with van der Waals surface area (Å²) in [6.07, 6.45) is 0. The van der Waals surface area contributed by atoms with Gasteiger partial charge in [-0.15, -0.1) is 0 Å². The molecular weight excluding hydrogens is 230 g/mol. The lowest BCUT2D eigenvalue weighted by Gasteiger charge is -2.07. The number of hydrogen-bond acceptors (Lipinski definition) is 5. The number of methoxy groups -OCH3 is 1. The van der Waals surface area contributed by atoms with E-state index in [0.29, 0.717) is 12.4 Å². The first-order valence-corrected chi connectivity index (χ1v) is 5.57. The molecular formula is C13H15N3O2. The molecule has 2 rings (SSSR count). The smallest absolute Gasteiger partial charge is 0.161 e. The number of ether oxygens (including phenoxy) is 1. The molecule has 0 aliphatic rings. The number of phenols is 1. The molecule has 0 atom stereocenters. The second-order valence-corrected chi connectivity index (χ2v) is 3.80. The van der Waals surface area contributed by atoms with E-state index in [4.69, 9.17) is 4.74 Å². The Morgan fingerprint density at radius 2 is 1.94 bits per heavy atom. The number of nitrogens with one attached hydrogen (secondary N) is 1. The molecule has 0 fully saturated rings. The van der Waals surface area contributed by atoms with Crippen LogP contribution in [0.4, 0.5) is 5.82 Å². The average Bonchev–Trinajstić information content (AvgIpc) is 2.39. The van der Waals surface area contributed by atoms with E-state index in [0.717, 1.165) is 17.1 Å². The maximum atomic E-state index is 9.27. The molecule has 1 heterocycles. The van der Waals surface area contributed by atoms with E-state index >= 15 is 0 Å². The van der Waals surface area contributed by atoms with Crippen LogP contribution in [0.5, 0.6) is 5.75 Å². The van der Waals surface area contributed by atoms with Gasteiger partial charge in [0.2, 0.25) is 0 Å². The van der Waals surface area contributed by atoms with Gasteiger partial charge in [0.15, 0.2) is 5.82 Å². The fourth-order valence-electron chi connectivity index (χ4n) is 1.59. The summed E-state index contributed by atoms with van der Waals surface area (Å²) in [6, 6.07) is 8.62. The van der Waals surface area contributed by atoms with E-state index < -0.39 is 0 Å². The summed E-state index contributed by atoms with van der Waals surface area (Å²) >= 11 is 0. The molecule has 0 amide bonds. The van der Waals surface area contributed by atoms with Gasteiger partial charge in [0, 0.05) is 25.8 Å². The van der Waals surface area contributed by atoms with Crippen LogP contribution in [0.2, 0.25) is 0 Å². The van der Waals surface area contributed by atoms with Gasteiger partial charge in [-0.1, -0.05) is 0 Å². The van der Waals surface area contributed by atoms with Crippen molar-refractivity contribution in [2.24, 2.45) is 0 Å². The molecule has 0 saturated carbocycles. The number of hydrogen-bond donors (Lipinski definition) is 2. The SMILES string of the molecule is CNc1cc(COC)nc(-c2ccc(O)cc2)n1. The van der Waals surface area contributed by atoms with E-state index in [2.05, 4.69) is 15.3 Å². The monoisotopic (exact) mass is 245 g/mol. The Morgan fingerprint density at radius 1 is 1.22 bits per heavy atom. The summed E-state index contributed by atoms with van der Waals surface area (Å²) in [5.74, 6) is 1.56. The molecule has 2 N–H and O–H groups in total. The van der Waals surface area contributed by atoms with Crippen LogP contribution in [-0.4, -0.2) is 29.2 Å². The van der Waals surface area contributed by atoms with E-state index in [1.807, 2.05) is 6.07 Å². The lowest BCUT2D eigenvalue weighted by molar-refractivity contribution is 0.181. The van der Waals surface area contributed by atoms with Crippen molar-refractivity contribution < 1.29 is 9.84 Å². The van der Waals surface area contributed by atoms with Crippen molar-refractivity contribution >= 4 is 5.82 Å². The quantitative estimate of drug-likeness (QED) is 0.862. The molecule has 0 spiro atoms. The number of aromatic nitrogens is 2. The fourth-order valence-corrected chi connectivity index (χ4v) is 1.59. The topological polar surface area (TPSA) is 67.3 Å². The second kappa shape index (κ2) is 5.46. The third-order valence-corrected chi connectivity index (χ3v) is 2.45. The molecule has 18 heavy (non-hydrogen) atoms. The largest absolute Gasteiger partial charge is 0.508 e. The molecule has 5 heteroatoms. The Bertz CT molecular complexity index is 526. The van der Waals surface area contributed by atoms with Gasteiger partial charge in [-0.25, -0.2) is 9.97 Å². The van der Waals surface area contributed by atoms with Gasteiger partial charge in [0.1, 0.15) is 11.6 Å². The van der Waals surface area contributed by atoms with Gasteiger partial charge in [-0.2, -0.15) is 0 Å². The van der Waals surface area contributed by atoms with Crippen molar-refractivity contribution in [3.63, 3.8) is 0 Å². The minimum atomic E-state index is 0.223. The molecule has 1 aromatic heterocycles. The van der Waals surface area contributed by atoms with E-state index in [-0.39, 0.29) is 5.75 Å². The zero-order valence-electron chi connectivity index (χ0n) is 10.3. The Labute approximate surface area is 105 Å². The summed E-state index contributed by atoms with van der Waals surface area (Å²) in [4.78, 5) is 8.79. The van der Waals surface area contributed by atoms with Crippen LogP contribution in [0.15, 0.2) is 30.3 Å². The molecule has 0 saturated heterocycles. The molecule has 0 aliphatic carbocycles. The van der Waals surface area contributed by atoms with E-state index in [1.165, 1.54) is 0 Å². The molecule has 2 aromatic rings. The summed E-state index contributed by atoms with van der Waals surface area (Å²) in [5.41, 5.74) is 1.65. The number of rotatable bonds is 4. The molecule has 1 aromatic carbocycles. The van der Waals surface area contributed by atoms with Gasteiger partial charge in [0.05, 0.1) is 12.3 Å². The van der Waals surface area contributed by atoms with Crippen LogP contribution in [0, 0.1) is 0 Å². The summed E-state index contributed by atoms with van der Waals surface area (Å²) < 4.78 is 5.08. The highest BCUT2D eigenvalue weighted by Crippen LogP contribution is 2.20. The van der Waals surface area contributed by atoms with Crippen LogP contribution >= 0.6 is 0 Å². The van der Waals surface area contributed by atoms with Crippen molar-refractivity contribution in [3.05, 3.63) is 36.0 Å². The predicted octanol–water partition coefficient (Wildman–Crippen LogP) is 2.04. The third kappa shape index (κ3) is 2.75. The lowest BCUT2D eigenvalue weighted by atomic mass is 10.2. The van der Waals surface area contributed by atoms with Crippen molar-refractivity contribution in [1.29, 1.82) is 0 Å². The van der Waals surface area contributed by atoms with Gasteiger partial charge in [-0.3, -0.25) is 0 Å². The van der Waals surface area contributed by atoms with Crippen LogP contribution in [-0.2, 0) is 11.3 Å². The number of nitrogens with zero attached hydrogens (tertiary/aromatic N) is 2. The average molecular weight is 245 g/mol. The van der Waals surface area contributed by atoms with Crippen LogP contribution in [0.1, 0.15) is 5.69 Å². The van der Waals surface area contributed by atoms with Gasteiger partial charge in [0.25, 0.3) is 0 Å². The molecule has 0 aliphatic heterocycles. The highest BCUT2D eigenvalue weighted by molar-refractivity contribution is 5.58. The first-order valence-electron chi connectivity index (χ1n) is 5.57. The molecule has 94 valence electrons. The maximum Gasteiger partial charge on any atom is 0.161 e. The Kier molecular flexibility index (Phi) is 3.74. The number of anilines is 1. The highest BCUT2D eigenvalue weighted by Gasteiger charge is 2.06. The zero-order valence-corrected chi connectivity index (χ0v) is 10.3. The highest BCUT2D eigenvalue weighted by atomic mass is 16.5. The van der Waals surface area contributed by atoms with Crippen molar-refractivity contribution in [3.8, 4) is 17.1 Å². The predicted molar refractivity (Wildman–Crippen MR) is 69.4 cm³/mol. The third-order valence-electron chi connectivity index (χ3n) is 2.45. The van der Waals surface area contributed by atoms with Gasteiger partial charge >= 0.3 is 0 Å². The Morgan fingerprint density at radius 3 is 2.56 bits per heavy atom. The van der Waals surface area contributed by atoms with Gasteiger partial charge < -0.3 is 15.2 Å². The number of phenolic OH excluding ortho intramolecular Hbond substituents is 1. The van der Waals surface area contributed by atoms with Crippen LogP contribution in [0.25, 0.3) is 11.4 Å². The first kappa shape index (κ1) is 12.3. The van der Waals surface area contributed by atoms with Crippen LogP contribution in [0.3, 0.4) is 0 Å². The fraction of sp³-hybridized carbons (Fsp3) is 0.231. The molecule has 0 bridgehead atoms. The Hall–Kier alpha value is -2.14. The normalized spacial score (nSPS) is 10.3. The summed E-state index contributed by atoms with van der Waals surface area (Å²) in [7, 11) is 3.43. The molecule has 5 nitrogen and oxygen atoms in total. The van der Waals surface area contributed by atoms with E-state index in [9.17, 15) is 5.11 Å². The molecule has 0 radical (unpaired) electrons. The zero-order chi connectivity index (χ0) is 13.0. The van der Waals surface area contributed by atoms with Crippen molar-refractivity contribution in [2.75, 3.05) is 19.5 Å². The molecule has 0 unspecified atom stereocenters. The first-order chi connectivity index (χ1) is 8.72. The number of benzene rings is 1. The van der Waals surface area contributed by atoms with E-state index in [1.54, 1.807) is 38.4 Å².